The van der Waals surface area contributed by atoms with Gasteiger partial charge in [0.15, 0.2) is 0 Å². The largest absolute Gasteiger partial charge is 0.478 e. The van der Waals surface area contributed by atoms with Crippen LogP contribution in [0.2, 0.25) is 0 Å². The standard InChI is InChI=1S/C24H24N2O4/c1-26(24(29)30)19-15-13-17(14-16-19)7-6-9-18-8-2-4-11-21(18)25-22-12-5-3-10-20(22)23(27)28/h2-5,8,10-16,25H,6-7,9H2,1H3,(H,27,28)(H,29,30). The van der Waals surface area contributed by atoms with Gasteiger partial charge in [-0.2, -0.15) is 0 Å². The zero-order valence-electron chi connectivity index (χ0n) is 16.7. The molecule has 0 saturated carbocycles. The fraction of sp³-hybridized carbons (Fsp3) is 0.167. The minimum absolute atomic E-state index is 0.235. The predicted molar refractivity (Wildman–Crippen MR) is 118 cm³/mol. The van der Waals surface area contributed by atoms with E-state index < -0.39 is 12.1 Å². The van der Waals surface area contributed by atoms with E-state index in [0.29, 0.717) is 11.4 Å². The second-order valence-corrected chi connectivity index (χ2v) is 6.99. The third-order valence-corrected chi connectivity index (χ3v) is 4.97. The van der Waals surface area contributed by atoms with Gasteiger partial charge in [0.25, 0.3) is 0 Å². The summed E-state index contributed by atoms with van der Waals surface area (Å²) in [4.78, 5) is 23.7. The summed E-state index contributed by atoms with van der Waals surface area (Å²) in [6.07, 6.45) is 1.61. The highest BCUT2D eigenvalue weighted by molar-refractivity contribution is 5.95. The molecule has 0 aliphatic carbocycles. The Morgan fingerprint density at radius 2 is 1.47 bits per heavy atom. The maximum atomic E-state index is 11.5. The number of nitrogens with zero attached hydrogens (tertiary/aromatic N) is 1. The number of amides is 1. The molecule has 3 aromatic carbocycles. The van der Waals surface area contributed by atoms with Crippen LogP contribution in [0.4, 0.5) is 21.9 Å². The Kier molecular flexibility index (Phi) is 6.70. The van der Waals surface area contributed by atoms with E-state index in [1.807, 2.05) is 54.6 Å². The molecule has 0 saturated heterocycles. The second-order valence-electron chi connectivity index (χ2n) is 6.99. The lowest BCUT2D eigenvalue weighted by Crippen LogP contribution is -2.23. The van der Waals surface area contributed by atoms with Crippen LogP contribution in [0, 0.1) is 0 Å². The molecule has 0 atom stereocenters. The number of benzene rings is 3. The van der Waals surface area contributed by atoms with Crippen molar-refractivity contribution in [3.8, 4) is 0 Å². The summed E-state index contributed by atoms with van der Waals surface area (Å²) in [5.74, 6) is -0.965. The predicted octanol–water partition coefficient (Wildman–Crippen LogP) is 5.42. The molecule has 0 radical (unpaired) electrons. The van der Waals surface area contributed by atoms with Gasteiger partial charge in [0, 0.05) is 18.4 Å². The lowest BCUT2D eigenvalue weighted by molar-refractivity contribution is 0.0698. The van der Waals surface area contributed by atoms with Crippen LogP contribution in [0.25, 0.3) is 0 Å². The van der Waals surface area contributed by atoms with Gasteiger partial charge in [0.2, 0.25) is 0 Å². The second kappa shape index (κ2) is 9.60. The Hall–Kier alpha value is -3.80. The van der Waals surface area contributed by atoms with E-state index in [2.05, 4.69) is 5.32 Å². The number of hydrogen-bond acceptors (Lipinski definition) is 3. The van der Waals surface area contributed by atoms with Gasteiger partial charge in [-0.1, -0.05) is 42.5 Å². The number of aryl methyl sites for hydroxylation is 2. The molecular formula is C24H24N2O4. The van der Waals surface area contributed by atoms with Crippen LogP contribution in [0.3, 0.4) is 0 Å². The Labute approximate surface area is 175 Å². The summed E-state index contributed by atoms with van der Waals surface area (Å²) in [7, 11) is 1.52. The number of carboxylic acid groups (broad SMARTS) is 2. The summed E-state index contributed by atoms with van der Waals surface area (Å²) in [6, 6.07) is 22.2. The molecule has 0 unspecified atom stereocenters. The summed E-state index contributed by atoms with van der Waals surface area (Å²) >= 11 is 0. The molecule has 30 heavy (non-hydrogen) atoms. The van der Waals surface area contributed by atoms with Gasteiger partial charge in [0.05, 0.1) is 11.3 Å². The topological polar surface area (TPSA) is 89.9 Å². The highest BCUT2D eigenvalue weighted by atomic mass is 16.4. The van der Waals surface area contributed by atoms with E-state index in [0.717, 1.165) is 36.1 Å². The molecule has 6 nitrogen and oxygen atoms in total. The van der Waals surface area contributed by atoms with E-state index in [9.17, 15) is 14.7 Å². The Morgan fingerprint density at radius 3 is 2.13 bits per heavy atom. The van der Waals surface area contributed by atoms with Crippen LogP contribution in [0.5, 0.6) is 0 Å². The maximum absolute atomic E-state index is 11.5. The van der Waals surface area contributed by atoms with Crippen LogP contribution < -0.4 is 10.2 Å². The zero-order chi connectivity index (χ0) is 21.5. The fourth-order valence-electron chi connectivity index (χ4n) is 3.26. The minimum atomic E-state index is -0.990. The van der Waals surface area contributed by atoms with Crippen LogP contribution >= 0.6 is 0 Å². The molecule has 0 fully saturated rings. The number of carbonyl (C=O) groups is 2. The Morgan fingerprint density at radius 1 is 0.833 bits per heavy atom. The number of carboxylic acids is 1. The molecule has 3 N–H and O–H groups in total. The summed E-state index contributed by atoms with van der Waals surface area (Å²) in [5, 5.41) is 21.7. The van der Waals surface area contributed by atoms with Gasteiger partial charge in [-0.3, -0.25) is 4.90 Å². The van der Waals surface area contributed by atoms with Crippen molar-refractivity contribution in [2.75, 3.05) is 17.3 Å². The van der Waals surface area contributed by atoms with E-state index in [4.69, 9.17) is 5.11 Å². The van der Waals surface area contributed by atoms with Gasteiger partial charge >= 0.3 is 12.1 Å². The number of aromatic carboxylic acids is 1. The first kappa shape index (κ1) is 20.9. The van der Waals surface area contributed by atoms with Gasteiger partial charge in [-0.25, -0.2) is 9.59 Å². The molecule has 0 aromatic heterocycles. The van der Waals surface area contributed by atoms with Crippen molar-refractivity contribution in [3.63, 3.8) is 0 Å². The zero-order valence-corrected chi connectivity index (χ0v) is 16.7. The normalized spacial score (nSPS) is 10.4. The third kappa shape index (κ3) is 5.17. The van der Waals surface area contributed by atoms with Crippen LogP contribution in [-0.4, -0.2) is 29.3 Å². The molecule has 0 aliphatic heterocycles. The van der Waals surface area contributed by atoms with Gasteiger partial charge in [-0.05, 0) is 60.7 Å². The molecule has 154 valence electrons. The number of rotatable bonds is 8. The van der Waals surface area contributed by atoms with Crippen LogP contribution in [0.15, 0.2) is 72.8 Å². The first-order valence-corrected chi connectivity index (χ1v) is 9.68. The SMILES string of the molecule is CN(C(=O)O)c1ccc(CCCc2ccccc2Nc2ccccc2C(=O)O)cc1. The minimum Gasteiger partial charge on any atom is -0.478 e. The maximum Gasteiger partial charge on any atom is 0.411 e. The summed E-state index contributed by atoms with van der Waals surface area (Å²) < 4.78 is 0. The van der Waals surface area contributed by atoms with Crippen molar-refractivity contribution in [3.05, 3.63) is 89.5 Å². The van der Waals surface area contributed by atoms with Gasteiger partial charge < -0.3 is 15.5 Å². The first-order chi connectivity index (χ1) is 14.5. The lowest BCUT2D eigenvalue weighted by Gasteiger charge is -2.14. The molecular weight excluding hydrogens is 380 g/mol. The summed E-state index contributed by atoms with van der Waals surface area (Å²) in [5.41, 5.74) is 4.58. The molecule has 1 amide bonds. The summed E-state index contributed by atoms with van der Waals surface area (Å²) in [6.45, 7) is 0. The molecule has 6 heteroatoms. The number of para-hydroxylation sites is 2. The highest BCUT2D eigenvalue weighted by Crippen LogP contribution is 2.25. The third-order valence-electron chi connectivity index (χ3n) is 4.97. The molecule has 0 aliphatic rings. The Bertz CT molecular complexity index is 1030. The lowest BCUT2D eigenvalue weighted by atomic mass is 10.0. The van der Waals surface area contributed by atoms with E-state index in [1.54, 1.807) is 18.2 Å². The average molecular weight is 404 g/mol. The number of anilines is 3. The van der Waals surface area contributed by atoms with Crippen molar-refractivity contribution in [1.29, 1.82) is 0 Å². The quantitative estimate of drug-likeness (QED) is 0.466. The van der Waals surface area contributed by atoms with Gasteiger partial charge in [-0.15, -0.1) is 0 Å². The smallest absolute Gasteiger partial charge is 0.411 e. The first-order valence-electron chi connectivity index (χ1n) is 9.68. The van der Waals surface area contributed by atoms with E-state index >= 15 is 0 Å². The monoisotopic (exact) mass is 404 g/mol. The van der Waals surface area contributed by atoms with Crippen molar-refractivity contribution in [1.82, 2.24) is 0 Å². The number of hydrogen-bond donors (Lipinski definition) is 3. The highest BCUT2D eigenvalue weighted by Gasteiger charge is 2.11. The van der Waals surface area contributed by atoms with Crippen molar-refractivity contribution in [2.24, 2.45) is 0 Å². The van der Waals surface area contributed by atoms with Crippen LogP contribution in [-0.2, 0) is 12.8 Å². The molecule has 0 heterocycles. The molecule has 0 spiro atoms. The van der Waals surface area contributed by atoms with Crippen molar-refractivity contribution < 1.29 is 19.8 Å². The van der Waals surface area contributed by atoms with E-state index in [-0.39, 0.29) is 5.56 Å². The molecule has 3 rings (SSSR count). The molecule has 0 bridgehead atoms. The van der Waals surface area contributed by atoms with Crippen LogP contribution in [0.1, 0.15) is 27.9 Å². The molecule has 3 aromatic rings. The fourth-order valence-corrected chi connectivity index (χ4v) is 3.26. The average Bonchev–Trinajstić information content (AvgIpc) is 2.75. The number of nitrogens with one attached hydrogen (secondary N) is 1. The van der Waals surface area contributed by atoms with Gasteiger partial charge in [0.1, 0.15) is 0 Å². The van der Waals surface area contributed by atoms with Crippen molar-refractivity contribution >= 4 is 29.1 Å². The van der Waals surface area contributed by atoms with Crippen molar-refractivity contribution in [2.45, 2.75) is 19.3 Å². The Balaban J connectivity index is 1.65. The van der Waals surface area contributed by atoms with E-state index in [1.165, 1.54) is 11.9 Å².